The van der Waals surface area contributed by atoms with E-state index in [1.54, 1.807) is 24.3 Å². The Morgan fingerprint density at radius 2 is 2.07 bits per heavy atom. The lowest BCUT2D eigenvalue weighted by atomic mass is 10.1. The number of hydrogen-bond donors (Lipinski definition) is 1. The molecule has 30 heavy (non-hydrogen) atoms. The average Bonchev–Trinajstić information content (AvgIpc) is 3.38. The van der Waals surface area contributed by atoms with E-state index in [4.69, 9.17) is 11.6 Å². The number of allylic oxidation sites excluding steroid dienone is 2. The zero-order chi connectivity index (χ0) is 21.5. The molecule has 0 aliphatic rings. The zero-order valence-corrected chi connectivity index (χ0v) is 18.7. The molecule has 0 spiro atoms. The summed E-state index contributed by atoms with van der Waals surface area (Å²) in [6, 6.07) is 11.8. The van der Waals surface area contributed by atoms with Crippen LogP contribution in [0.15, 0.2) is 59.6 Å². The second-order valence-electron chi connectivity index (χ2n) is 7.09. The van der Waals surface area contributed by atoms with Gasteiger partial charge in [0.25, 0.3) is 0 Å². The van der Waals surface area contributed by atoms with Crippen LogP contribution in [-0.4, -0.2) is 20.6 Å². The summed E-state index contributed by atoms with van der Waals surface area (Å²) < 4.78 is 2.18. The molecule has 0 bridgehead atoms. The fraction of sp³-hybridized carbons (Fsp3) is 0.250. The van der Waals surface area contributed by atoms with Gasteiger partial charge in [0.05, 0.1) is 18.4 Å². The molecule has 0 saturated carbocycles. The van der Waals surface area contributed by atoms with Crippen molar-refractivity contribution in [3.8, 4) is 0 Å². The summed E-state index contributed by atoms with van der Waals surface area (Å²) in [6.07, 6.45) is 8.61. The minimum absolute atomic E-state index is 0.290. The molecule has 0 aliphatic carbocycles. The van der Waals surface area contributed by atoms with E-state index < -0.39 is 5.97 Å². The highest BCUT2D eigenvalue weighted by Gasteiger charge is 2.13. The van der Waals surface area contributed by atoms with Crippen molar-refractivity contribution in [1.29, 1.82) is 0 Å². The van der Waals surface area contributed by atoms with Crippen molar-refractivity contribution in [2.45, 2.75) is 39.7 Å². The molecule has 0 saturated heterocycles. The molecule has 156 valence electrons. The van der Waals surface area contributed by atoms with Crippen LogP contribution < -0.4 is 0 Å². The molecule has 0 fully saturated rings. The van der Waals surface area contributed by atoms with Crippen molar-refractivity contribution >= 4 is 40.6 Å². The number of aryl methyl sites for hydroxylation is 1. The number of thiophene rings is 1. The molecule has 0 unspecified atom stereocenters. The van der Waals surface area contributed by atoms with Crippen LogP contribution in [0.2, 0.25) is 5.02 Å². The Kier molecular flexibility index (Phi) is 7.66. The van der Waals surface area contributed by atoms with Crippen molar-refractivity contribution in [3.63, 3.8) is 0 Å². The lowest BCUT2D eigenvalue weighted by Gasteiger charge is -2.12. The maximum Gasteiger partial charge on any atom is 0.331 e. The van der Waals surface area contributed by atoms with Crippen molar-refractivity contribution in [2.24, 2.45) is 0 Å². The highest BCUT2D eigenvalue weighted by atomic mass is 35.5. The van der Waals surface area contributed by atoms with Gasteiger partial charge in [-0.1, -0.05) is 49.2 Å². The van der Waals surface area contributed by atoms with E-state index in [-0.39, 0.29) is 5.57 Å². The van der Waals surface area contributed by atoms with Crippen LogP contribution in [0.5, 0.6) is 0 Å². The van der Waals surface area contributed by atoms with Gasteiger partial charge < -0.3 is 9.67 Å². The van der Waals surface area contributed by atoms with Crippen molar-refractivity contribution in [2.75, 3.05) is 0 Å². The number of nitrogens with zero attached hydrogens (tertiary/aromatic N) is 2. The van der Waals surface area contributed by atoms with E-state index in [1.807, 2.05) is 54.1 Å². The van der Waals surface area contributed by atoms with Gasteiger partial charge in [0.2, 0.25) is 0 Å². The third kappa shape index (κ3) is 5.49. The third-order valence-electron chi connectivity index (χ3n) is 4.83. The highest BCUT2D eigenvalue weighted by Crippen LogP contribution is 2.27. The molecule has 3 rings (SSSR count). The Hall–Kier alpha value is -2.63. The predicted molar refractivity (Wildman–Crippen MR) is 125 cm³/mol. The second-order valence-corrected chi connectivity index (χ2v) is 8.44. The van der Waals surface area contributed by atoms with Gasteiger partial charge in [-0.3, -0.25) is 0 Å². The number of benzene rings is 1. The molecule has 2 heterocycles. The SMILES string of the molecule is CCCCc1ncc(C=C(C=C(C)C(=O)O)c2cccs2)n1Cc1ccccc1Cl. The second kappa shape index (κ2) is 10.4. The van der Waals surface area contributed by atoms with E-state index in [2.05, 4.69) is 16.5 Å². The van der Waals surface area contributed by atoms with E-state index in [0.29, 0.717) is 6.54 Å². The predicted octanol–water partition coefficient (Wildman–Crippen LogP) is 6.56. The highest BCUT2D eigenvalue weighted by molar-refractivity contribution is 7.11. The number of carboxylic acid groups (broad SMARTS) is 1. The summed E-state index contributed by atoms with van der Waals surface area (Å²) in [5, 5.41) is 12.1. The van der Waals surface area contributed by atoms with Gasteiger partial charge in [0, 0.05) is 21.9 Å². The maximum atomic E-state index is 11.4. The Morgan fingerprint density at radius 1 is 1.27 bits per heavy atom. The van der Waals surface area contributed by atoms with E-state index in [9.17, 15) is 9.90 Å². The van der Waals surface area contributed by atoms with E-state index >= 15 is 0 Å². The molecule has 2 aromatic heterocycles. The molecule has 0 aliphatic heterocycles. The summed E-state index contributed by atoms with van der Waals surface area (Å²) in [5.41, 5.74) is 3.10. The Bertz CT molecular complexity index is 1060. The van der Waals surface area contributed by atoms with Crippen LogP contribution in [0.4, 0.5) is 0 Å². The minimum atomic E-state index is -0.925. The monoisotopic (exact) mass is 440 g/mol. The number of unbranched alkanes of at least 4 members (excludes halogenated alkanes) is 1. The van der Waals surface area contributed by atoms with Crippen LogP contribution in [0.25, 0.3) is 11.6 Å². The van der Waals surface area contributed by atoms with Gasteiger partial charge >= 0.3 is 5.97 Å². The Morgan fingerprint density at radius 3 is 2.73 bits per heavy atom. The molecule has 1 aromatic carbocycles. The first kappa shape index (κ1) is 22.1. The topological polar surface area (TPSA) is 55.1 Å². The minimum Gasteiger partial charge on any atom is -0.478 e. The smallest absolute Gasteiger partial charge is 0.331 e. The number of halogens is 1. The number of imidazole rings is 1. The molecule has 4 nitrogen and oxygen atoms in total. The van der Waals surface area contributed by atoms with Crippen molar-refractivity contribution in [3.05, 3.63) is 86.6 Å². The maximum absolute atomic E-state index is 11.4. The summed E-state index contributed by atoms with van der Waals surface area (Å²) >= 11 is 8.00. The molecule has 0 amide bonds. The number of rotatable bonds is 9. The fourth-order valence-corrected chi connectivity index (χ4v) is 4.05. The van der Waals surface area contributed by atoms with E-state index in [0.717, 1.165) is 51.8 Å². The van der Waals surface area contributed by atoms with Crippen LogP contribution in [-0.2, 0) is 17.8 Å². The lowest BCUT2D eigenvalue weighted by molar-refractivity contribution is -0.132. The third-order valence-corrected chi connectivity index (χ3v) is 6.12. The number of carbonyl (C=O) groups is 1. The van der Waals surface area contributed by atoms with Crippen LogP contribution in [0.1, 0.15) is 48.6 Å². The van der Waals surface area contributed by atoms with Crippen molar-refractivity contribution < 1.29 is 9.90 Å². The summed E-state index contributed by atoms with van der Waals surface area (Å²) in [5.74, 6) is 0.0816. The van der Waals surface area contributed by atoms with Crippen LogP contribution >= 0.6 is 22.9 Å². The summed E-state index contributed by atoms with van der Waals surface area (Å²) in [4.78, 5) is 17.1. The molecular weight excluding hydrogens is 416 g/mol. The number of carboxylic acids is 1. The Balaban J connectivity index is 2.08. The number of aromatic nitrogens is 2. The molecule has 6 heteroatoms. The summed E-state index contributed by atoms with van der Waals surface area (Å²) in [7, 11) is 0. The van der Waals surface area contributed by atoms with Crippen molar-refractivity contribution in [1.82, 2.24) is 9.55 Å². The van der Waals surface area contributed by atoms with Gasteiger partial charge in [-0.15, -0.1) is 11.3 Å². The van der Waals surface area contributed by atoms with Gasteiger partial charge in [0.15, 0.2) is 0 Å². The van der Waals surface area contributed by atoms with Gasteiger partial charge in [-0.05, 0) is 54.1 Å². The molecule has 3 aromatic rings. The fourth-order valence-electron chi connectivity index (χ4n) is 3.14. The molecule has 0 radical (unpaired) electrons. The number of hydrogen-bond acceptors (Lipinski definition) is 3. The quantitative estimate of drug-likeness (QED) is 0.302. The van der Waals surface area contributed by atoms with Gasteiger partial charge in [-0.2, -0.15) is 0 Å². The standard InChI is InChI=1S/C24H25ClN2O2S/c1-3-4-11-23-26-15-20(27(23)16-18-8-5-6-9-21(18)25)14-19(13-17(2)24(28)29)22-10-7-12-30-22/h5-10,12-15H,3-4,11,16H2,1-2H3,(H,28,29). The first-order valence-electron chi connectivity index (χ1n) is 9.94. The number of aliphatic carboxylic acids is 1. The van der Waals surface area contributed by atoms with Gasteiger partial charge in [-0.25, -0.2) is 9.78 Å². The first-order chi connectivity index (χ1) is 14.5. The summed E-state index contributed by atoms with van der Waals surface area (Å²) in [6.45, 7) is 4.39. The van der Waals surface area contributed by atoms with Gasteiger partial charge in [0.1, 0.15) is 5.82 Å². The molecule has 0 atom stereocenters. The lowest BCUT2D eigenvalue weighted by Crippen LogP contribution is -2.08. The molecular formula is C24H25ClN2O2S. The molecule has 1 N–H and O–H groups in total. The average molecular weight is 441 g/mol. The van der Waals surface area contributed by atoms with Crippen LogP contribution in [0, 0.1) is 0 Å². The largest absolute Gasteiger partial charge is 0.478 e. The first-order valence-corrected chi connectivity index (χ1v) is 11.2. The van der Waals surface area contributed by atoms with E-state index in [1.165, 1.54) is 0 Å². The Labute approximate surface area is 186 Å². The normalized spacial score (nSPS) is 12.4. The van der Waals surface area contributed by atoms with Crippen LogP contribution in [0.3, 0.4) is 0 Å². The zero-order valence-electron chi connectivity index (χ0n) is 17.1.